The summed E-state index contributed by atoms with van der Waals surface area (Å²) >= 11 is 1.43. The molecule has 1 saturated heterocycles. The molecule has 5 rings (SSSR count). The van der Waals surface area contributed by atoms with Crippen LogP contribution in [0.15, 0.2) is 88.8 Å². The number of amidine groups is 1. The predicted molar refractivity (Wildman–Crippen MR) is 143 cm³/mol. The molecule has 0 atom stereocenters. The SMILES string of the molecule is CCCN1C(=O)/C(=C\c2c(C)n(Cc3ccc(F)cc3)c3ccccc23)SC1=Nc1ccccc1. The van der Waals surface area contributed by atoms with Crippen molar-refractivity contribution in [2.45, 2.75) is 26.8 Å². The van der Waals surface area contributed by atoms with E-state index in [1.807, 2.05) is 60.7 Å². The van der Waals surface area contributed by atoms with Crippen molar-refractivity contribution in [1.29, 1.82) is 0 Å². The molecule has 35 heavy (non-hydrogen) atoms. The molecule has 1 fully saturated rings. The van der Waals surface area contributed by atoms with Crippen LogP contribution >= 0.6 is 11.8 Å². The summed E-state index contributed by atoms with van der Waals surface area (Å²) in [5, 5.41) is 1.80. The zero-order chi connectivity index (χ0) is 24.4. The Morgan fingerprint density at radius 2 is 1.69 bits per heavy atom. The lowest BCUT2D eigenvalue weighted by molar-refractivity contribution is -0.122. The summed E-state index contributed by atoms with van der Waals surface area (Å²) in [5.41, 5.74) is 5.02. The van der Waals surface area contributed by atoms with E-state index in [0.717, 1.165) is 39.8 Å². The van der Waals surface area contributed by atoms with Crippen LogP contribution < -0.4 is 0 Å². The van der Waals surface area contributed by atoms with Crippen LogP contribution in [0.2, 0.25) is 0 Å². The molecule has 0 spiro atoms. The van der Waals surface area contributed by atoms with E-state index in [0.29, 0.717) is 23.2 Å². The van der Waals surface area contributed by atoms with Gasteiger partial charge >= 0.3 is 0 Å². The van der Waals surface area contributed by atoms with Gasteiger partial charge in [-0.2, -0.15) is 0 Å². The van der Waals surface area contributed by atoms with E-state index >= 15 is 0 Å². The minimum Gasteiger partial charge on any atom is -0.340 e. The molecule has 4 nitrogen and oxygen atoms in total. The first-order chi connectivity index (χ1) is 17.0. The lowest BCUT2D eigenvalue weighted by Crippen LogP contribution is -2.29. The first kappa shape index (κ1) is 23.1. The Labute approximate surface area is 208 Å². The molecule has 1 aromatic heterocycles. The second-order valence-corrected chi connectivity index (χ2v) is 9.54. The number of carbonyl (C=O) groups excluding carboxylic acids is 1. The van der Waals surface area contributed by atoms with Gasteiger partial charge in [-0.25, -0.2) is 9.38 Å². The maximum Gasteiger partial charge on any atom is 0.266 e. The molecule has 0 unspecified atom stereocenters. The van der Waals surface area contributed by atoms with E-state index in [4.69, 9.17) is 4.99 Å². The zero-order valence-corrected chi connectivity index (χ0v) is 20.6. The predicted octanol–water partition coefficient (Wildman–Crippen LogP) is 7.15. The molecular formula is C29H26FN3OS. The van der Waals surface area contributed by atoms with Crippen molar-refractivity contribution >= 4 is 45.5 Å². The standard InChI is InChI=1S/C29H26FN3OS/c1-3-17-32-28(34)27(35-29(32)31-23-9-5-4-6-10-23)18-25-20(2)33(26-12-8-7-11-24(25)26)19-21-13-15-22(30)16-14-21/h4-16,18H,3,17,19H2,1-2H3/b27-18+,31-29?. The molecule has 0 radical (unpaired) electrons. The van der Waals surface area contributed by atoms with Crippen LogP contribution in [0.1, 0.15) is 30.2 Å². The third kappa shape index (κ3) is 4.66. The maximum atomic E-state index is 13.4. The largest absolute Gasteiger partial charge is 0.340 e. The Hall–Kier alpha value is -3.64. The van der Waals surface area contributed by atoms with Gasteiger partial charge in [0.2, 0.25) is 0 Å². The fraction of sp³-hybridized carbons (Fsp3) is 0.172. The number of aromatic nitrogens is 1. The van der Waals surface area contributed by atoms with Crippen LogP contribution in [-0.4, -0.2) is 27.1 Å². The van der Waals surface area contributed by atoms with Gasteiger partial charge in [0, 0.05) is 35.2 Å². The average molecular weight is 484 g/mol. The number of amides is 1. The zero-order valence-electron chi connectivity index (χ0n) is 19.7. The van der Waals surface area contributed by atoms with Crippen LogP contribution in [0.5, 0.6) is 0 Å². The molecule has 0 bridgehead atoms. The van der Waals surface area contributed by atoms with Gasteiger partial charge in [-0.15, -0.1) is 0 Å². The van der Waals surface area contributed by atoms with Crippen LogP contribution in [0.25, 0.3) is 17.0 Å². The first-order valence-electron chi connectivity index (χ1n) is 11.7. The molecule has 1 aliphatic rings. The van der Waals surface area contributed by atoms with Gasteiger partial charge < -0.3 is 4.57 Å². The van der Waals surface area contributed by atoms with E-state index in [-0.39, 0.29) is 11.7 Å². The van der Waals surface area contributed by atoms with Crippen molar-refractivity contribution in [1.82, 2.24) is 9.47 Å². The summed E-state index contributed by atoms with van der Waals surface area (Å²) in [5.74, 6) is -0.254. The first-order valence-corrected chi connectivity index (χ1v) is 12.5. The average Bonchev–Trinajstić information content (AvgIpc) is 3.30. The molecule has 0 saturated carbocycles. The fourth-order valence-corrected chi connectivity index (χ4v) is 5.38. The summed E-state index contributed by atoms with van der Waals surface area (Å²) in [6.45, 7) is 5.38. The monoisotopic (exact) mass is 483 g/mol. The summed E-state index contributed by atoms with van der Waals surface area (Å²) < 4.78 is 15.6. The third-order valence-corrected chi connectivity index (χ3v) is 7.13. The smallest absolute Gasteiger partial charge is 0.266 e. The van der Waals surface area contributed by atoms with Crippen LogP contribution in [0.3, 0.4) is 0 Å². The highest BCUT2D eigenvalue weighted by Gasteiger charge is 2.33. The van der Waals surface area contributed by atoms with Gasteiger partial charge in [-0.1, -0.05) is 55.5 Å². The van der Waals surface area contributed by atoms with E-state index in [1.54, 1.807) is 4.90 Å². The highest BCUT2D eigenvalue weighted by Crippen LogP contribution is 2.37. The molecule has 0 N–H and O–H groups in total. The van der Waals surface area contributed by atoms with Gasteiger partial charge in [0.05, 0.1) is 10.6 Å². The Bertz CT molecular complexity index is 1440. The fourth-order valence-electron chi connectivity index (χ4n) is 4.37. The Balaban J connectivity index is 1.56. The van der Waals surface area contributed by atoms with Crippen LogP contribution in [0.4, 0.5) is 10.1 Å². The van der Waals surface area contributed by atoms with Crippen molar-refractivity contribution in [2.24, 2.45) is 4.99 Å². The summed E-state index contributed by atoms with van der Waals surface area (Å²) in [6, 6.07) is 24.5. The van der Waals surface area contributed by atoms with Crippen LogP contribution in [0, 0.1) is 12.7 Å². The summed E-state index contributed by atoms with van der Waals surface area (Å²) in [7, 11) is 0. The number of carbonyl (C=O) groups is 1. The van der Waals surface area contributed by atoms with Gasteiger partial charge in [0.25, 0.3) is 5.91 Å². The Morgan fingerprint density at radius 1 is 0.971 bits per heavy atom. The van der Waals surface area contributed by atoms with Gasteiger partial charge in [0.1, 0.15) is 5.82 Å². The number of rotatable bonds is 6. The number of benzene rings is 3. The minimum absolute atomic E-state index is 0.0127. The minimum atomic E-state index is -0.241. The van der Waals surface area contributed by atoms with Crippen molar-refractivity contribution in [3.05, 3.63) is 106 Å². The third-order valence-electron chi connectivity index (χ3n) is 6.13. The van der Waals surface area contributed by atoms with Crippen molar-refractivity contribution < 1.29 is 9.18 Å². The molecule has 176 valence electrons. The highest BCUT2D eigenvalue weighted by molar-refractivity contribution is 8.18. The maximum absolute atomic E-state index is 13.4. The number of hydrogen-bond acceptors (Lipinski definition) is 3. The van der Waals surface area contributed by atoms with Crippen molar-refractivity contribution in [2.75, 3.05) is 6.54 Å². The molecule has 1 amide bonds. The molecule has 1 aliphatic heterocycles. The van der Waals surface area contributed by atoms with Gasteiger partial charge in [0.15, 0.2) is 5.17 Å². The van der Waals surface area contributed by atoms with E-state index in [1.165, 1.54) is 23.9 Å². The molecular weight excluding hydrogens is 457 g/mol. The molecule has 3 aromatic carbocycles. The number of hydrogen-bond donors (Lipinski definition) is 0. The van der Waals surface area contributed by atoms with E-state index < -0.39 is 0 Å². The van der Waals surface area contributed by atoms with Crippen LogP contribution in [-0.2, 0) is 11.3 Å². The lowest BCUT2D eigenvalue weighted by atomic mass is 10.1. The highest BCUT2D eigenvalue weighted by atomic mass is 32.2. The van der Waals surface area contributed by atoms with Gasteiger partial charge in [-0.3, -0.25) is 9.69 Å². The number of fused-ring (bicyclic) bond motifs is 1. The van der Waals surface area contributed by atoms with E-state index in [9.17, 15) is 9.18 Å². The topological polar surface area (TPSA) is 37.6 Å². The Kier molecular flexibility index (Phi) is 6.55. The van der Waals surface area contributed by atoms with E-state index in [2.05, 4.69) is 30.5 Å². The number of nitrogens with zero attached hydrogens (tertiary/aromatic N) is 3. The molecule has 4 aromatic rings. The number of para-hydroxylation sites is 2. The number of thioether (sulfide) groups is 1. The molecule has 6 heteroatoms. The van der Waals surface area contributed by atoms with Gasteiger partial charge in [-0.05, 0) is 67.1 Å². The molecule has 2 heterocycles. The number of halogens is 1. The second-order valence-electron chi connectivity index (χ2n) is 8.53. The summed E-state index contributed by atoms with van der Waals surface area (Å²) in [4.78, 5) is 20.6. The quantitative estimate of drug-likeness (QED) is 0.273. The normalized spacial score (nSPS) is 16.2. The number of aliphatic imine (C=N–C) groups is 1. The lowest BCUT2D eigenvalue weighted by Gasteiger charge is -2.13. The summed E-state index contributed by atoms with van der Waals surface area (Å²) in [6.07, 6.45) is 2.85. The van der Waals surface area contributed by atoms with Crippen molar-refractivity contribution in [3.8, 4) is 0 Å². The van der Waals surface area contributed by atoms with Crippen molar-refractivity contribution in [3.63, 3.8) is 0 Å². The Morgan fingerprint density at radius 3 is 2.43 bits per heavy atom. The molecule has 0 aliphatic carbocycles. The second kappa shape index (κ2) is 9.92.